The molecule has 32 heavy (non-hydrogen) atoms. The van der Waals surface area contributed by atoms with Crippen LogP contribution in [0.4, 0.5) is 9.18 Å². The van der Waals surface area contributed by atoms with E-state index in [4.69, 9.17) is 4.74 Å². The largest absolute Gasteiger partial charge is 0.459 e. The van der Waals surface area contributed by atoms with E-state index in [-0.39, 0.29) is 23.5 Å². The van der Waals surface area contributed by atoms with Crippen molar-refractivity contribution < 1.29 is 18.7 Å². The topological polar surface area (TPSA) is 68.9 Å². The molecule has 4 rings (SSSR count). The van der Waals surface area contributed by atoms with Crippen LogP contribution in [-0.4, -0.2) is 77.6 Å². The van der Waals surface area contributed by atoms with E-state index in [2.05, 4.69) is 9.88 Å². The van der Waals surface area contributed by atoms with Crippen molar-refractivity contribution in [2.45, 2.75) is 39.2 Å². The first-order chi connectivity index (χ1) is 15.1. The highest BCUT2D eigenvalue weighted by Crippen LogP contribution is 2.40. The Morgan fingerprint density at radius 3 is 2.50 bits per heavy atom. The average molecular weight is 443 g/mol. The van der Waals surface area contributed by atoms with E-state index in [0.29, 0.717) is 30.7 Å². The molecule has 0 aliphatic carbocycles. The van der Waals surface area contributed by atoms with Crippen LogP contribution >= 0.6 is 0 Å². The van der Waals surface area contributed by atoms with Gasteiger partial charge in [0.05, 0.1) is 17.4 Å². The third-order valence-corrected chi connectivity index (χ3v) is 6.14. The standard InChI is InChI=1S/C24H31FN4O3/c1-15(2)32-22(30)18-13-29(23(31)28-10-8-27(5)9-11-28)14-24(3,4)20-17-12-16(25)6-7-19(17)26-21(18)20/h6-7,12-13,15,26H,8-11,14H2,1-5H3. The molecule has 1 aromatic heterocycles. The number of benzene rings is 1. The average Bonchev–Trinajstić information content (AvgIpc) is 3.04. The van der Waals surface area contributed by atoms with Crippen molar-refractivity contribution in [1.82, 2.24) is 19.7 Å². The Balaban J connectivity index is 1.82. The number of hydrogen-bond acceptors (Lipinski definition) is 4. The van der Waals surface area contributed by atoms with E-state index < -0.39 is 11.4 Å². The van der Waals surface area contributed by atoms with E-state index in [1.165, 1.54) is 12.1 Å². The molecule has 3 heterocycles. The number of aromatic nitrogens is 1. The number of H-pyrrole nitrogens is 1. The highest BCUT2D eigenvalue weighted by atomic mass is 19.1. The number of urea groups is 1. The maximum absolute atomic E-state index is 14.1. The van der Waals surface area contributed by atoms with E-state index in [1.54, 1.807) is 31.0 Å². The van der Waals surface area contributed by atoms with Crippen LogP contribution in [0.5, 0.6) is 0 Å². The number of carbonyl (C=O) groups is 2. The van der Waals surface area contributed by atoms with Gasteiger partial charge in [-0.1, -0.05) is 13.8 Å². The Morgan fingerprint density at radius 2 is 1.84 bits per heavy atom. The minimum atomic E-state index is -0.542. The van der Waals surface area contributed by atoms with Crippen LogP contribution in [0.25, 0.3) is 16.5 Å². The van der Waals surface area contributed by atoms with Crippen LogP contribution in [0.15, 0.2) is 24.4 Å². The molecule has 0 spiro atoms. The summed E-state index contributed by atoms with van der Waals surface area (Å²) in [5, 5.41) is 0.710. The Hall–Kier alpha value is -2.87. The number of nitrogens with one attached hydrogen (secondary N) is 1. The van der Waals surface area contributed by atoms with Gasteiger partial charge < -0.3 is 19.5 Å². The third kappa shape index (κ3) is 4.11. The van der Waals surface area contributed by atoms with Crippen molar-refractivity contribution in [2.75, 3.05) is 39.8 Å². The molecule has 0 radical (unpaired) electrons. The fourth-order valence-electron chi connectivity index (χ4n) is 4.57. The summed E-state index contributed by atoms with van der Waals surface area (Å²) in [5.74, 6) is -0.859. The smallest absolute Gasteiger partial charge is 0.342 e. The molecule has 1 N–H and O–H groups in total. The second kappa shape index (κ2) is 8.24. The molecule has 0 unspecified atom stereocenters. The molecule has 2 aliphatic rings. The molecule has 1 aromatic carbocycles. The molecule has 8 heteroatoms. The molecule has 2 aliphatic heterocycles. The van der Waals surface area contributed by atoms with Gasteiger partial charge in [0.25, 0.3) is 0 Å². The number of nitrogens with zero attached hydrogens (tertiary/aromatic N) is 3. The zero-order chi connectivity index (χ0) is 23.2. The zero-order valence-corrected chi connectivity index (χ0v) is 19.4. The molecule has 1 fully saturated rings. The van der Waals surface area contributed by atoms with Crippen molar-refractivity contribution >= 4 is 28.5 Å². The van der Waals surface area contributed by atoms with Crippen LogP contribution in [-0.2, 0) is 14.9 Å². The fourth-order valence-corrected chi connectivity index (χ4v) is 4.57. The van der Waals surface area contributed by atoms with Crippen molar-refractivity contribution in [1.29, 1.82) is 0 Å². The second-order valence-electron chi connectivity index (χ2n) is 9.65. The van der Waals surface area contributed by atoms with Gasteiger partial charge in [-0.3, -0.25) is 4.90 Å². The first-order valence-corrected chi connectivity index (χ1v) is 11.1. The predicted octanol–water partition coefficient (Wildman–Crippen LogP) is 3.56. The molecule has 0 bridgehead atoms. The second-order valence-corrected chi connectivity index (χ2v) is 9.65. The molecule has 0 atom stereocenters. The molecule has 7 nitrogen and oxygen atoms in total. The summed E-state index contributed by atoms with van der Waals surface area (Å²) < 4.78 is 19.7. The van der Waals surface area contributed by atoms with Gasteiger partial charge in [0.2, 0.25) is 0 Å². The summed E-state index contributed by atoms with van der Waals surface area (Å²) >= 11 is 0. The maximum Gasteiger partial charge on any atom is 0.342 e. The summed E-state index contributed by atoms with van der Waals surface area (Å²) in [4.78, 5) is 35.5. The molecule has 0 saturated carbocycles. The van der Waals surface area contributed by atoms with Crippen LogP contribution < -0.4 is 0 Å². The van der Waals surface area contributed by atoms with Gasteiger partial charge in [0, 0.05) is 55.2 Å². The Bertz CT molecular complexity index is 1080. The minimum absolute atomic E-state index is 0.137. The number of hydrogen-bond donors (Lipinski definition) is 1. The van der Waals surface area contributed by atoms with Gasteiger partial charge in [-0.25, -0.2) is 14.0 Å². The van der Waals surface area contributed by atoms with Gasteiger partial charge in [-0.05, 0) is 44.7 Å². The monoisotopic (exact) mass is 442 g/mol. The number of likely N-dealkylation sites (N-methyl/N-ethyl adjacent to an activating group) is 1. The van der Waals surface area contributed by atoms with Crippen LogP contribution in [0.3, 0.4) is 0 Å². The first kappa shape index (κ1) is 22.3. The maximum atomic E-state index is 14.1. The molecule has 172 valence electrons. The summed E-state index contributed by atoms with van der Waals surface area (Å²) in [6.07, 6.45) is 1.29. The molecule has 2 aromatic rings. The lowest BCUT2D eigenvalue weighted by molar-refractivity contribution is -0.140. The lowest BCUT2D eigenvalue weighted by Gasteiger charge is -2.37. The zero-order valence-electron chi connectivity index (χ0n) is 19.4. The molecule has 2 amide bonds. The minimum Gasteiger partial charge on any atom is -0.459 e. The van der Waals surface area contributed by atoms with E-state index in [0.717, 1.165) is 24.2 Å². The number of carbonyl (C=O) groups excluding carboxylic acids is 2. The summed E-state index contributed by atoms with van der Waals surface area (Å²) in [5.41, 5.74) is 1.87. The first-order valence-electron chi connectivity index (χ1n) is 11.1. The van der Waals surface area contributed by atoms with Crippen LogP contribution in [0.2, 0.25) is 0 Å². The van der Waals surface area contributed by atoms with Crippen molar-refractivity contribution in [3.05, 3.63) is 41.5 Å². The SMILES string of the molecule is CC(C)OC(=O)C1=CN(C(=O)N2CCN(C)CC2)CC(C)(C)c2c1[nH]c1ccc(F)cc21. The third-order valence-electron chi connectivity index (χ3n) is 6.14. The highest BCUT2D eigenvalue weighted by Gasteiger charge is 2.38. The number of rotatable bonds is 2. The van der Waals surface area contributed by atoms with E-state index in [1.807, 2.05) is 25.8 Å². The fraction of sp³-hybridized carbons (Fsp3) is 0.500. The van der Waals surface area contributed by atoms with Crippen LogP contribution in [0.1, 0.15) is 39.0 Å². The number of amides is 2. The van der Waals surface area contributed by atoms with Crippen molar-refractivity contribution in [3.8, 4) is 0 Å². The summed E-state index contributed by atoms with van der Waals surface area (Å²) in [7, 11) is 2.04. The Morgan fingerprint density at radius 1 is 1.16 bits per heavy atom. The van der Waals surface area contributed by atoms with Gasteiger partial charge in [-0.2, -0.15) is 0 Å². The van der Waals surface area contributed by atoms with Gasteiger partial charge in [-0.15, -0.1) is 0 Å². The number of esters is 1. The van der Waals surface area contributed by atoms with Gasteiger partial charge >= 0.3 is 12.0 Å². The molecular weight excluding hydrogens is 411 g/mol. The Labute approximate surface area is 187 Å². The van der Waals surface area contributed by atoms with E-state index >= 15 is 0 Å². The number of aromatic amines is 1. The molecular formula is C24H31FN4O3. The lowest BCUT2D eigenvalue weighted by Crippen LogP contribution is -2.52. The molecule has 1 saturated heterocycles. The normalized spacial score (nSPS) is 19.0. The Kier molecular flexibility index (Phi) is 5.75. The lowest BCUT2D eigenvalue weighted by atomic mass is 9.82. The summed E-state index contributed by atoms with van der Waals surface area (Å²) in [6, 6.07) is 4.41. The van der Waals surface area contributed by atoms with Crippen molar-refractivity contribution in [3.63, 3.8) is 0 Å². The van der Waals surface area contributed by atoms with Crippen LogP contribution in [0, 0.1) is 5.82 Å². The van der Waals surface area contributed by atoms with Gasteiger partial charge in [0.1, 0.15) is 5.82 Å². The quantitative estimate of drug-likeness (QED) is 0.722. The van der Waals surface area contributed by atoms with Crippen molar-refractivity contribution in [2.24, 2.45) is 0 Å². The van der Waals surface area contributed by atoms with Gasteiger partial charge in [0.15, 0.2) is 0 Å². The van der Waals surface area contributed by atoms with E-state index in [9.17, 15) is 14.0 Å². The number of piperazine rings is 1. The summed E-state index contributed by atoms with van der Waals surface area (Å²) in [6.45, 7) is 10.8. The highest BCUT2D eigenvalue weighted by molar-refractivity contribution is 6.18. The predicted molar refractivity (Wildman–Crippen MR) is 122 cm³/mol. The number of ether oxygens (including phenoxy) is 1. The number of fused-ring (bicyclic) bond motifs is 3. The number of halogens is 1.